The summed E-state index contributed by atoms with van der Waals surface area (Å²) in [6.45, 7) is 2.72. The highest BCUT2D eigenvalue weighted by Crippen LogP contribution is 2.36. The lowest BCUT2D eigenvalue weighted by Crippen LogP contribution is -2.40. The van der Waals surface area contributed by atoms with Crippen molar-refractivity contribution < 1.29 is 4.79 Å². The van der Waals surface area contributed by atoms with Crippen LogP contribution < -0.4 is 0 Å². The Hall–Kier alpha value is -2.29. The lowest BCUT2D eigenvalue weighted by molar-refractivity contribution is 0.0694. The first-order chi connectivity index (χ1) is 13.0. The smallest absolute Gasteiger partial charge is 0.254 e. The van der Waals surface area contributed by atoms with Gasteiger partial charge in [-0.2, -0.15) is 0 Å². The van der Waals surface area contributed by atoms with E-state index < -0.39 is 0 Å². The first-order valence-electron chi connectivity index (χ1n) is 8.94. The van der Waals surface area contributed by atoms with Crippen molar-refractivity contribution in [1.82, 2.24) is 4.90 Å². The van der Waals surface area contributed by atoms with Gasteiger partial charge in [-0.15, -0.1) is 0 Å². The van der Waals surface area contributed by atoms with Gasteiger partial charge in [0.05, 0.1) is 6.04 Å². The molecule has 0 spiro atoms. The quantitative estimate of drug-likeness (QED) is 0.513. The molecule has 136 valence electrons. The molecule has 1 aliphatic rings. The van der Waals surface area contributed by atoms with Crippen molar-refractivity contribution in [2.75, 3.05) is 6.54 Å². The molecule has 4 heteroatoms. The van der Waals surface area contributed by atoms with Gasteiger partial charge in [0, 0.05) is 22.2 Å². The van der Waals surface area contributed by atoms with Gasteiger partial charge in [0.25, 0.3) is 5.91 Å². The molecule has 1 amide bonds. The summed E-state index contributed by atoms with van der Waals surface area (Å²) in [5.74, 6) is -0.0560. The number of hydrogen-bond acceptors (Lipinski definition) is 1. The maximum Gasteiger partial charge on any atom is 0.254 e. The largest absolute Gasteiger partial charge is 0.327 e. The molecule has 0 fully saturated rings. The van der Waals surface area contributed by atoms with Crippen LogP contribution in [0.4, 0.5) is 0 Å². The van der Waals surface area contributed by atoms with Crippen molar-refractivity contribution in [3.63, 3.8) is 0 Å². The fourth-order valence-electron chi connectivity index (χ4n) is 3.74. The lowest BCUT2D eigenvalue weighted by Gasteiger charge is -2.38. The van der Waals surface area contributed by atoms with Gasteiger partial charge in [-0.1, -0.05) is 77.3 Å². The first kappa shape index (κ1) is 18.1. The van der Waals surface area contributed by atoms with Crippen LogP contribution in [0.15, 0.2) is 66.7 Å². The summed E-state index contributed by atoms with van der Waals surface area (Å²) in [6, 6.07) is 21.6. The molecular weight excluding hydrogens is 377 g/mol. The molecule has 0 unspecified atom stereocenters. The molecular formula is C23H19Cl2NO. The number of benzene rings is 3. The topological polar surface area (TPSA) is 20.3 Å². The number of hydrogen-bond donors (Lipinski definition) is 0. The van der Waals surface area contributed by atoms with E-state index >= 15 is 0 Å². The summed E-state index contributed by atoms with van der Waals surface area (Å²) in [5, 5.41) is 0.935. The van der Waals surface area contributed by atoms with Crippen LogP contribution >= 0.6 is 23.2 Å². The van der Waals surface area contributed by atoms with Crippen molar-refractivity contribution in [3.05, 3.63) is 105 Å². The minimum absolute atomic E-state index is 0.0560. The van der Waals surface area contributed by atoms with E-state index in [4.69, 9.17) is 23.2 Å². The second kappa shape index (κ2) is 7.38. The number of amides is 1. The minimum Gasteiger partial charge on any atom is -0.327 e. The van der Waals surface area contributed by atoms with E-state index in [1.54, 1.807) is 18.2 Å². The Kier molecular flexibility index (Phi) is 4.94. The second-order valence-electron chi connectivity index (χ2n) is 6.92. The van der Waals surface area contributed by atoms with E-state index in [0.717, 1.165) is 12.0 Å². The number of halogens is 2. The molecule has 1 atom stereocenters. The minimum atomic E-state index is -0.124. The first-order valence-corrected chi connectivity index (χ1v) is 9.70. The molecule has 0 N–H and O–H groups in total. The standard InChI is InChI=1S/C23H19Cl2NO/c1-15-6-8-17(9-7-15)22-21-5-3-2-4-16(21)10-11-26(22)23(27)18-12-19(24)14-20(25)13-18/h2-9,12-14,22H,10-11H2,1H3/t22-/m1/s1. The third-order valence-electron chi connectivity index (χ3n) is 5.05. The fraction of sp³-hybridized carbons (Fsp3) is 0.174. The zero-order valence-electron chi connectivity index (χ0n) is 15.0. The number of fused-ring (bicyclic) bond motifs is 1. The molecule has 1 heterocycles. The SMILES string of the molecule is Cc1ccc([C@@H]2c3ccccc3CCN2C(=O)c2cc(Cl)cc(Cl)c2)cc1. The molecule has 0 aromatic heterocycles. The zero-order valence-corrected chi connectivity index (χ0v) is 16.5. The van der Waals surface area contributed by atoms with Crippen LogP contribution in [-0.2, 0) is 6.42 Å². The molecule has 0 radical (unpaired) electrons. The van der Waals surface area contributed by atoms with Crippen LogP contribution in [0, 0.1) is 6.92 Å². The Morgan fingerprint density at radius 2 is 1.63 bits per heavy atom. The number of rotatable bonds is 2. The Morgan fingerprint density at radius 1 is 0.963 bits per heavy atom. The van der Waals surface area contributed by atoms with Crippen LogP contribution in [0.2, 0.25) is 10.0 Å². The molecule has 27 heavy (non-hydrogen) atoms. The van der Waals surface area contributed by atoms with Gasteiger partial charge in [0.15, 0.2) is 0 Å². The van der Waals surface area contributed by atoms with Gasteiger partial charge in [0.1, 0.15) is 0 Å². The molecule has 1 aliphatic heterocycles. The van der Waals surface area contributed by atoms with E-state index in [9.17, 15) is 4.79 Å². The zero-order chi connectivity index (χ0) is 19.0. The molecule has 3 aromatic carbocycles. The summed E-state index contributed by atoms with van der Waals surface area (Å²) in [7, 11) is 0. The highest BCUT2D eigenvalue weighted by molar-refractivity contribution is 6.35. The van der Waals surface area contributed by atoms with Crippen LogP contribution in [0.1, 0.15) is 38.7 Å². The lowest BCUT2D eigenvalue weighted by atomic mass is 9.87. The molecule has 3 aromatic rings. The van der Waals surface area contributed by atoms with Crippen molar-refractivity contribution in [1.29, 1.82) is 0 Å². The van der Waals surface area contributed by atoms with Gasteiger partial charge in [-0.3, -0.25) is 4.79 Å². The van der Waals surface area contributed by atoms with E-state index in [-0.39, 0.29) is 11.9 Å². The molecule has 0 bridgehead atoms. The van der Waals surface area contributed by atoms with Crippen LogP contribution in [0.25, 0.3) is 0 Å². The highest BCUT2D eigenvalue weighted by Gasteiger charge is 2.32. The van der Waals surface area contributed by atoms with Crippen molar-refractivity contribution >= 4 is 29.1 Å². The van der Waals surface area contributed by atoms with E-state index in [1.165, 1.54) is 16.7 Å². The van der Waals surface area contributed by atoms with Gasteiger partial charge in [-0.25, -0.2) is 0 Å². The van der Waals surface area contributed by atoms with E-state index in [2.05, 4.69) is 49.4 Å². The fourth-order valence-corrected chi connectivity index (χ4v) is 4.26. The second-order valence-corrected chi connectivity index (χ2v) is 7.79. The average Bonchev–Trinajstić information content (AvgIpc) is 2.66. The summed E-state index contributed by atoms with van der Waals surface area (Å²) in [5.41, 5.74) is 5.28. The maximum absolute atomic E-state index is 13.4. The molecule has 0 saturated carbocycles. The summed E-state index contributed by atoms with van der Waals surface area (Å²) < 4.78 is 0. The Balaban J connectivity index is 1.81. The highest BCUT2D eigenvalue weighted by atomic mass is 35.5. The van der Waals surface area contributed by atoms with Crippen LogP contribution in [-0.4, -0.2) is 17.4 Å². The van der Waals surface area contributed by atoms with Gasteiger partial charge >= 0.3 is 0 Å². The summed E-state index contributed by atoms with van der Waals surface area (Å²) >= 11 is 12.3. The van der Waals surface area contributed by atoms with Gasteiger partial charge < -0.3 is 4.90 Å². The van der Waals surface area contributed by atoms with Crippen LogP contribution in [0.5, 0.6) is 0 Å². The summed E-state index contributed by atoms with van der Waals surface area (Å²) in [6.07, 6.45) is 0.832. The molecule has 0 aliphatic carbocycles. The Bertz CT molecular complexity index is 977. The predicted molar refractivity (Wildman–Crippen MR) is 111 cm³/mol. The number of carbonyl (C=O) groups is 1. The number of aryl methyl sites for hydroxylation is 1. The summed E-state index contributed by atoms with van der Waals surface area (Å²) in [4.78, 5) is 15.3. The van der Waals surface area contributed by atoms with Crippen molar-refractivity contribution in [2.45, 2.75) is 19.4 Å². The molecule has 0 saturated heterocycles. The van der Waals surface area contributed by atoms with E-state index in [0.29, 0.717) is 22.2 Å². The third-order valence-corrected chi connectivity index (χ3v) is 5.48. The average molecular weight is 396 g/mol. The number of nitrogens with zero attached hydrogens (tertiary/aromatic N) is 1. The number of carbonyl (C=O) groups excluding carboxylic acids is 1. The third kappa shape index (κ3) is 3.60. The van der Waals surface area contributed by atoms with Gasteiger partial charge in [0.2, 0.25) is 0 Å². The maximum atomic E-state index is 13.4. The normalized spacial score (nSPS) is 16.1. The van der Waals surface area contributed by atoms with Crippen molar-refractivity contribution in [2.24, 2.45) is 0 Å². The van der Waals surface area contributed by atoms with E-state index in [1.807, 2.05) is 11.0 Å². The Morgan fingerprint density at radius 3 is 2.33 bits per heavy atom. The molecule has 2 nitrogen and oxygen atoms in total. The van der Waals surface area contributed by atoms with Crippen molar-refractivity contribution in [3.8, 4) is 0 Å². The van der Waals surface area contributed by atoms with Crippen LogP contribution in [0.3, 0.4) is 0 Å². The van der Waals surface area contributed by atoms with Gasteiger partial charge in [-0.05, 0) is 48.2 Å². The monoisotopic (exact) mass is 395 g/mol. The Labute approximate surface area is 169 Å². The molecule has 4 rings (SSSR count). The predicted octanol–water partition coefficient (Wildman–Crippen LogP) is 6.09.